The highest BCUT2D eigenvalue weighted by Crippen LogP contribution is 2.48. The fourth-order valence-corrected chi connectivity index (χ4v) is 4.24. The molecule has 3 rings (SSSR count). The molecule has 110 valence electrons. The van der Waals surface area contributed by atoms with Crippen LogP contribution >= 0.6 is 0 Å². The van der Waals surface area contributed by atoms with E-state index < -0.39 is 11.9 Å². The van der Waals surface area contributed by atoms with Crippen LogP contribution in [-0.2, 0) is 9.59 Å². The van der Waals surface area contributed by atoms with Crippen molar-refractivity contribution in [3.8, 4) is 0 Å². The first kappa shape index (κ1) is 13.7. The van der Waals surface area contributed by atoms with Crippen molar-refractivity contribution in [2.24, 2.45) is 23.7 Å². The summed E-state index contributed by atoms with van der Waals surface area (Å²) in [5, 5.41) is 12.5. The minimum atomic E-state index is -0.817. The maximum atomic E-state index is 12.5. The highest BCUT2D eigenvalue weighted by molar-refractivity contribution is 5.87. The molecular formula is C16H23NO3. The van der Waals surface area contributed by atoms with Gasteiger partial charge in [-0.3, -0.25) is 9.59 Å². The van der Waals surface area contributed by atoms with Gasteiger partial charge in [-0.1, -0.05) is 37.8 Å². The van der Waals surface area contributed by atoms with Gasteiger partial charge in [-0.15, -0.1) is 0 Å². The first-order valence-corrected chi connectivity index (χ1v) is 7.88. The molecule has 3 aliphatic rings. The topological polar surface area (TPSA) is 66.4 Å². The van der Waals surface area contributed by atoms with Crippen LogP contribution in [0.1, 0.15) is 44.9 Å². The Hall–Kier alpha value is -1.32. The average molecular weight is 277 g/mol. The molecule has 2 N–H and O–H groups in total. The summed E-state index contributed by atoms with van der Waals surface area (Å²) in [7, 11) is 0. The molecule has 4 nitrogen and oxygen atoms in total. The van der Waals surface area contributed by atoms with Gasteiger partial charge in [0.2, 0.25) is 5.91 Å². The summed E-state index contributed by atoms with van der Waals surface area (Å²) in [6.07, 6.45) is 11.8. The number of nitrogens with one attached hydrogen (secondary N) is 1. The van der Waals surface area contributed by atoms with E-state index in [1.165, 1.54) is 25.7 Å². The predicted molar refractivity (Wildman–Crippen MR) is 75.0 cm³/mol. The van der Waals surface area contributed by atoms with Gasteiger partial charge in [0.25, 0.3) is 0 Å². The van der Waals surface area contributed by atoms with Gasteiger partial charge < -0.3 is 10.4 Å². The van der Waals surface area contributed by atoms with Crippen molar-refractivity contribution < 1.29 is 14.7 Å². The third-order valence-electron chi connectivity index (χ3n) is 5.25. The van der Waals surface area contributed by atoms with E-state index in [2.05, 4.69) is 5.32 Å². The Morgan fingerprint density at radius 3 is 2.15 bits per heavy atom. The summed E-state index contributed by atoms with van der Waals surface area (Å²) in [5.74, 6) is -1.53. The molecule has 0 radical (unpaired) electrons. The van der Waals surface area contributed by atoms with Crippen molar-refractivity contribution in [2.45, 2.75) is 51.0 Å². The van der Waals surface area contributed by atoms with Crippen molar-refractivity contribution in [1.29, 1.82) is 0 Å². The van der Waals surface area contributed by atoms with Crippen LogP contribution in [0.5, 0.6) is 0 Å². The molecule has 20 heavy (non-hydrogen) atoms. The molecule has 2 fully saturated rings. The van der Waals surface area contributed by atoms with Crippen LogP contribution < -0.4 is 5.32 Å². The molecule has 3 aliphatic carbocycles. The Kier molecular flexibility index (Phi) is 3.81. The van der Waals surface area contributed by atoms with E-state index in [9.17, 15) is 14.7 Å². The van der Waals surface area contributed by atoms with Crippen LogP contribution in [0.4, 0.5) is 0 Å². The number of amides is 1. The number of fused-ring (bicyclic) bond motifs is 2. The normalized spacial score (nSPS) is 36.8. The second-order valence-corrected chi connectivity index (χ2v) is 6.54. The van der Waals surface area contributed by atoms with E-state index >= 15 is 0 Å². The smallest absolute Gasteiger partial charge is 0.307 e. The summed E-state index contributed by atoms with van der Waals surface area (Å²) in [6, 6.07) is 0.252. The fraction of sp³-hybridized carbons (Fsp3) is 0.750. The molecular weight excluding hydrogens is 254 g/mol. The number of hydrogen-bond donors (Lipinski definition) is 2. The quantitative estimate of drug-likeness (QED) is 0.614. The van der Waals surface area contributed by atoms with E-state index in [0.717, 1.165) is 19.3 Å². The zero-order chi connectivity index (χ0) is 14.1. The number of carboxylic acid groups (broad SMARTS) is 1. The lowest BCUT2D eigenvalue weighted by Gasteiger charge is -2.26. The average Bonchev–Trinajstić information content (AvgIpc) is 2.93. The standard InChI is InChI=1S/C16H23NO3/c18-15(17-12-5-3-1-2-4-6-12)13-10-7-8-11(9-10)14(13)16(19)20/h7-8,10-14H,1-6,9H2,(H,17,18)(H,19,20)/t10-,11-,13-,14+/m0/s1. The van der Waals surface area contributed by atoms with E-state index in [1.807, 2.05) is 12.2 Å². The number of hydrogen-bond acceptors (Lipinski definition) is 2. The summed E-state index contributed by atoms with van der Waals surface area (Å²) < 4.78 is 0. The van der Waals surface area contributed by atoms with Crippen LogP contribution in [0.15, 0.2) is 12.2 Å². The Balaban J connectivity index is 1.66. The number of aliphatic carboxylic acids is 1. The Morgan fingerprint density at radius 1 is 0.950 bits per heavy atom. The van der Waals surface area contributed by atoms with Crippen molar-refractivity contribution in [1.82, 2.24) is 5.32 Å². The lowest BCUT2D eigenvalue weighted by molar-refractivity contribution is -0.148. The summed E-state index contributed by atoms with van der Waals surface area (Å²) in [5.41, 5.74) is 0. The number of carbonyl (C=O) groups is 2. The number of carboxylic acids is 1. The first-order valence-electron chi connectivity index (χ1n) is 7.88. The second kappa shape index (κ2) is 5.58. The third-order valence-corrected chi connectivity index (χ3v) is 5.25. The van der Waals surface area contributed by atoms with Crippen molar-refractivity contribution >= 4 is 11.9 Å². The van der Waals surface area contributed by atoms with Gasteiger partial charge in [-0.05, 0) is 31.1 Å². The Bertz CT molecular complexity index is 423. The molecule has 4 atom stereocenters. The third kappa shape index (κ3) is 2.48. The van der Waals surface area contributed by atoms with Crippen LogP contribution in [0, 0.1) is 23.7 Å². The summed E-state index contributed by atoms with van der Waals surface area (Å²) in [4.78, 5) is 24.0. The molecule has 0 aromatic rings. The maximum Gasteiger partial charge on any atom is 0.307 e. The SMILES string of the molecule is O=C(NC1CCCCCC1)[C@@H]1[C@H](C(=O)O)[C@H]2C=C[C@H]1C2. The highest BCUT2D eigenvalue weighted by atomic mass is 16.4. The molecule has 0 heterocycles. The molecule has 0 spiro atoms. The zero-order valence-corrected chi connectivity index (χ0v) is 11.8. The van der Waals surface area contributed by atoms with E-state index in [0.29, 0.717) is 0 Å². The molecule has 2 saturated carbocycles. The molecule has 0 aromatic heterocycles. The van der Waals surface area contributed by atoms with Crippen LogP contribution in [0.3, 0.4) is 0 Å². The summed E-state index contributed by atoms with van der Waals surface area (Å²) >= 11 is 0. The molecule has 4 heteroatoms. The lowest BCUT2D eigenvalue weighted by atomic mass is 9.82. The molecule has 2 bridgehead atoms. The summed E-state index contributed by atoms with van der Waals surface area (Å²) in [6.45, 7) is 0. The predicted octanol–water partition coefficient (Wildman–Crippen LogP) is 2.35. The molecule has 1 amide bonds. The highest BCUT2D eigenvalue weighted by Gasteiger charge is 2.51. The van der Waals surface area contributed by atoms with Gasteiger partial charge in [0.15, 0.2) is 0 Å². The largest absolute Gasteiger partial charge is 0.481 e. The molecule has 0 aliphatic heterocycles. The monoisotopic (exact) mass is 277 g/mol. The van der Waals surface area contributed by atoms with Gasteiger partial charge in [-0.25, -0.2) is 0 Å². The molecule has 0 saturated heterocycles. The number of allylic oxidation sites excluding steroid dienone is 2. The first-order chi connectivity index (χ1) is 9.66. The van der Waals surface area contributed by atoms with Gasteiger partial charge in [0.05, 0.1) is 11.8 Å². The lowest BCUT2D eigenvalue weighted by Crippen LogP contribution is -2.44. The number of carbonyl (C=O) groups excluding carboxylic acids is 1. The van der Waals surface area contributed by atoms with Crippen molar-refractivity contribution in [2.75, 3.05) is 0 Å². The van der Waals surface area contributed by atoms with Crippen LogP contribution in [-0.4, -0.2) is 23.0 Å². The van der Waals surface area contributed by atoms with Crippen molar-refractivity contribution in [3.05, 3.63) is 12.2 Å². The Labute approximate surface area is 119 Å². The van der Waals surface area contributed by atoms with Gasteiger partial charge in [0.1, 0.15) is 0 Å². The van der Waals surface area contributed by atoms with Gasteiger partial charge >= 0.3 is 5.97 Å². The van der Waals surface area contributed by atoms with Gasteiger partial charge in [0, 0.05) is 6.04 Å². The zero-order valence-electron chi connectivity index (χ0n) is 11.8. The van der Waals surface area contributed by atoms with E-state index in [1.54, 1.807) is 0 Å². The minimum absolute atomic E-state index is 0.0267. The van der Waals surface area contributed by atoms with Crippen LogP contribution in [0.2, 0.25) is 0 Å². The van der Waals surface area contributed by atoms with E-state index in [-0.39, 0.29) is 29.7 Å². The Morgan fingerprint density at radius 2 is 1.55 bits per heavy atom. The number of rotatable bonds is 3. The van der Waals surface area contributed by atoms with Crippen LogP contribution in [0.25, 0.3) is 0 Å². The second-order valence-electron chi connectivity index (χ2n) is 6.54. The van der Waals surface area contributed by atoms with Gasteiger partial charge in [-0.2, -0.15) is 0 Å². The fourth-order valence-electron chi connectivity index (χ4n) is 4.24. The maximum absolute atomic E-state index is 12.5. The molecule has 0 unspecified atom stereocenters. The molecule has 0 aromatic carbocycles. The minimum Gasteiger partial charge on any atom is -0.481 e. The van der Waals surface area contributed by atoms with Crippen molar-refractivity contribution in [3.63, 3.8) is 0 Å². The van der Waals surface area contributed by atoms with E-state index in [4.69, 9.17) is 0 Å².